The van der Waals surface area contributed by atoms with Crippen molar-refractivity contribution < 1.29 is 13.2 Å². The van der Waals surface area contributed by atoms with E-state index in [0.29, 0.717) is 10.8 Å². The highest BCUT2D eigenvalue weighted by Crippen LogP contribution is 2.26. The van der Waals surface area contributed by atoms with Gasteiger partial charge in [-0.05, 0) is 60.7 Å². The number of aromatic nitrogens is 2. The van der Waals surface area contributed by atoms with Gasteiger partial charge < -0.3 is 4.74 Å². The Labute approximate surface area is 179 Å². The second-order valence-corrected chi connectivity index (χ2v) is 8.57. The van der Waals surface area contributed by atoms with Crippen LogP contribution in [0.25, 0.3) is 17.1 Å². The molecule has 152 valence electrons. The molecule has 0 aliphatic rings. The molecule has 6 nitrogen and oxygen atoms in total. The van der Waals surface area contributed by atoms with Crippen LogP contribution in [0.4, 0.5) is 0 Å². The van der Waals surface area contributed by atoms with Crippen molar-refractivity contribution in [3.8, 4) is 22.8 Å². The Morgan fingerprint density at radius 3 is 2.23 bits per heavy atom. The van der Waals surface area contributed by atoms with Crippen LogP contribution in [0, 0.1) is 0 Å². The second kappa shape index (κ2) is 8.31. The van der Waals surface area contributed by atoms with Gasteiger partial charge in [0.1, 0.15) is 18.2 Å². The molecule has 1 heterocycles. The van der Waals surface area contributed by atoms with Gasteiger partial charge in [-0.3, -0.25) is 4.57 Å². The number of sulfonamides is 1. The van der Waals surface area contributed by atoms with E-state index in [2.05, 4.69) is 0 Å². The molecule has 0 radical (unpaired) electrons. The summed E-state index contributed by atoms with van der Waals surface area (Å²) in [5.74, 6) is 1.39. The van der Waals surface area contributed by atoms with E-state index in [0.717, 1.165) is 22.7 Å². The highest BCUT2D eigenvalue weighted by Gasteiger charge is 2.14. The van der Waals surface area contributed by atoms with E-state index in [9.17, 15) is 8.42 Å². The minimum absolute atomic E-state index is 0.0449. The summed E-state index contributed by atoms with van der Waals surface area (Å²) in [6.45, 7) is 0.285. The number of para-hydroxylation sites is 1. The van der Waals surface area contributed by atoms with Crippen molar-refractivity contribution in [1.29, 1.82) is 0 Å². The van der Waals surface area contributed by atoms with Gasteiger partial charge in [-0.1, -0.05) is 29.8 Å². The third kappa shape index (κ3) is 4.54. The molecule has 4 aromatic rings. The van der Waals surface area contributed by atoms with Gasteiger partial charge in [-0.25, -0.2) is 18.5 Å². The molecule has 1 aromatic heterocycles. The number of ether oxygens (including phenoxy) is 1. The number of rotatable bonds is 6. The summed E-state index contributed by atoms with van der Waals surface area (Å²) in [7, 11) is -3.76. The first-order valence-corrected chi connectivity index (χ1v) is 11.0. The minimum Gasteiger partial charge on any atom is -0.487 e. The van der Waals surface area contributed by atoms with E-state index < -0.39 is 10.0 Å². The normalized spacial score (nSPS) is 11.4. The van der Waals surface area contributed by atoms with Crippen molar-refractivity contribution in [3.05, 3.63) is 95.8 Å². The molecular formula is C22H18ClN3O3S. The topological polar surface area (TPSA) is 87.2 Å². The van der Waals surface area contributed by atoms with Gasteiger partial charge in [0.15, 0.2) is 0 Å². The molecule has 8 heteroatoms. The SMILES string of the molecule is NS(=O)(=O)c1ccc(-c2nc(COc3ccccc3)cn2-c2ccc(Cl)cc2)cc1. The van der Waals surface area contributed by atoms with Crippen LogP contribution in [0.5, 0.6) is 5.75 Å². The van der Waals surface area contributed by atoms with Crippen molar-refractivity contribution in [3.63, 3.8) is 0 Å². The highest BCUT2D eigenvalue weighted by atomic mass is 35.5. The third-order valence-electron chi connectivity index (χ3n) is 4.43. The van der Waals surface area contributed by atoms with E-state index >= 15 is 0 Å². The lowest BCUT2D eigenvalue weighted by atomic mass is 10.2. The van der Waals surface area contributed by atoms with Gasteiger partial charge >= 0.3 is 0 Å². The number of benzene rings is 3. The lowest BCUT2D eigenvalue weighted by Crippen LogP contribution is -2.11. The smallest absolute Gasteiger partial charge is 0.238 e. The fourth-order valence-electron chi connectivity index (χ4n) is 2.97. The average Bonchev–Trinajstić information content (AvgIpc) is 3.17. The predicted octanol–water partition coefficient (Wildman–Crippen LogP) is 4.42. The van der Waals surface area contributed by atoms with Gasteiger partial charge in [0.05, 0.1) is 10.6 Å². The van der Waals surface area contributed by atoms with Crippen LogP contribution >= 0.6 is 11.6 Å². The van der Waals surface area contributed by atoms with Crippen LogP contribution in [-0.2, 0) is 16.6 Å². The summed E-state index contributed by atoms with van der Waals surface area (Å²) >= 11 is 6.03. The number of hydrogen-bond acceptors (Lipinski definition) is 4. The van der Waals surface area contributed by atoms with Crippen molar-refractivity contribution in [2.45, 2.75) is 11.5 Å². The van der Waals surface area contributed by atoms with E-state index in [-0.39, 0.29) is 11.5 Å². The monoisotopic (exact) mass is 439 g/mol. The number of halogens is 1. The second-order valence-electron chi connectivity index (χ2n) is 6.57. The van der Waals surface area contributed by atoms with Crippen molar-refractivity contribution in [2.24, 2.45) is 5.14 Å². The van der Waals surface area contributed by atoms with Gasteiger partial charge in [-0.15, -0.1) is 0 Å². The number of nitrogens with zero attached hydrogens (tertiary/aromatic N) is 2. The molecule has 0 saturated heterocycles. The van der Waals surface area contributed by atoms with Crippen LogP contribution in [0.3, 0.4) is 0 Å². The molecule has 0 bridgehead atoms. The maximum atomic E-state index is 11.6. The van der Waals surface area contributed by atoms with E-state index in [4.69, 9.17) is 26.5 Å². The minimum atomic E-state index is -3.76. The molecule has 30 heavy (non-hydrogen) atoms. The number of primary sulfonamides is 1. The van der Waals surface area contributed by atoms with Gasteiger partial charge in [0.25, 0.3) is 0 Å². The average molecular weight is 440 g/mol. The van der Waals surface area contributed by atoms with E-state index in [1.165, 1.54) is 12.1 Å². The maximum Gasteiger partial charge on any atom is 0.238 e. The molecule has 0 atom stereocenters. The summed E-state index contributed by atoms with van der Waals surface area (Å²) in [6.07, 6.45) is 1.88. The summed E-state index contributed by atoms with van der Waals surface area (Å²) < 4.78 is 30.8. The fourth-order valence-corrected chi connectivity index (χ4v) is 3.61. The molecule has 0 saturated carbocycles. The van der Waals surface area contributed by atoms with Crippen molar-refractivity contribution >= 4 is 21.6 Å². The van der Waals surface area contributed by atoms with Crippen molar-refractivity contribution in [1.82, 2.24) is 9.55 Å². The molecule has 0 unspecified atom stereocenters. The molecule has 0 amide bonds. The summed E-state index contributed by atoms with van der Waals surface area (Å²) in [6, 6.07) is 23.1. The Hall–Kier alpha value is -3.13. The molecule has 0 fully saturated rings. The molecular weight excluding hydrogens is 422 g/mol. The zero-order chi connectivity index (χ0) is 21.1. The molecule has 0 aliphatic carbocycles. The number of nitrogens with two attached hydrogens (primary N) is 1. The summed E-state index contributed by atoms with van der Waals surface area (Å²) in [5, 5.41) is 5.83. The van der Waals surface area contributed by atoms with Crippen LogP contribution in [0.15, 0.2) is 90.0 Å². The van der Waals surface area contributed by atoms with Gasteiger partial charge in [0, 0.05) is 22.5 Å². The Morgan fingerprint density at radius 1 is 0.933 bits per heavy atom. The molecule has 4 rings (SSSR count). The van der Waals surface area contributed by atoms with Crippen LogP contribution < -0.4 is 9.88 Å². The first-order valence-electron chi connectivity index (χ1n) is 9.05. The van der Waals surface area contributed by atoms with E-state index in [1.807, 2.05) is 53.2 Å². The first kappa shape index (κ1) is 20.2. The van der Waals surface area contributed by atoms with Gasteiger partial charge in [-0.2, -0.15) is 0 Å². The van der Waals surface area contributed by atoms with Gasteiger partial charge in [0.2, 0.25) is 10.0 Å². The zero-order valence-corrected chi connectivity index (χ0v) is 17.3. The Kier molecular flexibility index (Phi) is 5.59. The Balaban J connectivity index is 1.71. The quantitative estimate of drug-likeness (QED) is 0.481. The van der Waals surface area contributed by atoms with Crippen molar-refractivity contribution in [2.75, 3.05) is 0 Å². The first-order chi connectivity index (χ1) is 14.4. The Bertz CT molecular complexity index is 1250. The largest absolute Gasteiger partial charge is 0.487 e. The van der Waals surface area contributed by atoms with Crippen LogP contribution in [0.2, 0.25) is 5.02 Å². The predicted molar refractivity (Wildman–Crippen MR) is 116 cm³/mol. The molecule has 0 spiro atoms. The molecule has 3 aromatic carbocycles. The lowest BCUT2D eigenvalue weighted by Gasteiger charge is -2.08. The maximum absolute atomic E-state index is 11.6. The summed E-state index contributed by atoms with van der Waals surface area (Å²) in [5.41, 5.74) is 2.33. The lowest BCUT2D eigenvalue weighted by molar-refractivity contribution is 0.302. The third-order valence-corrected chi connectivity index (χ3v) is 5.61. The Morgan fingerprint density at radius 2 is 1.60 bits per heavy atom. The van der Waals surface area contributed by atoms with E-state index in [1.54, 1.807) is 24.3 Å². The van der Waals surface area contributed by atoms with Crippen LogP contribution in [0.1, 0.15) is 5.69 Å². The standard InChI is InChI=1S/C22H18ClN3O3S/c23-17-8-10-19(11-9-17)26-14-18(15-29-20-4-2-1-3-5-20)25-22(26)16-6-12-21(13-7-16)30(24,27)28/h1-14H,15H2,(H2,24,27,28). The number of imidazole rings is 1. The molecule has 2 N–H and O–H groups in total. The summed E-state index contributed by atoms with van der Waals surface area (Å²) in [4.78, 5) is 4.76. The fraction of sp³-hybridized carbons (Fsp3) is 0.0455. The molecule has 0 aliphatic heterocycles. The highest BCUT2D eigenvalue weighted by molar-refractivity contribution is 7.89. The van der Waals surface area contributed by atoms with Crippen LogP contribution in [-0.4, -0.2) is 18.0 Å². The zero-order valence-electron chi connectivity index (χ0n) is 15.8. The number of hydrogen-bond donors (Lipinski definition) is 1.